The highest BCUT2D eigenvalue weighted by Crippen LogP contribution is 2.27. The van der Waals surface area contributed by atoms with Gasteiger partial charge in [-0.3, -0.25) is 9.20 Å². The summed E-state index contributed by atoms with van der Waals surface area (Å²) in [4.78, 5) is 43.8. The number of imidazole rings is 1. The van der Waals surface area contributed by atoms with E-state index in [-0.39, 0.29) is 11.5 Å². The largest absolute Gasteiger partial charge is 0.443 e. The average Bonchev–Trinajstić information content (AvgIpc) is 2.89. The molecule has 0 radical (unpaired) electrons. The number of fused-ring (bicyclic) bond motifs is 1. The monoisotopic (exact) mass is 482 g/mol. The molecule has 2 aromatic rings. The molecule has 0 bridgehead atoms. The molecule has 0 aliphatic rings. The molecule has 0 saturated carbocycles. The number of carbonyl (C=O) groups is 3. The Hall–Kier alpha value is -2.62. The van der Waals surface area contributed by atoms with Gasteiger partial charge in [-0.05, 0) is 60.6 Å². The number of anilines is 1. The fourth-order valence-electron chi connectivity index (χ4n) is 2.48. The predicted molar refractivity (Wildman–Crippen MR) is 116 cm³/mol. The number of nitrogens with one attached hydrogen (secondary N) is 1. The molecular formula is C20H27BrN4O5. The minimum atomic E-state index is -0.996. The summed E-state index contributed by atoms with van der Waals surface area (Å²) in [6.07, 6.45) is -0.377. The summed E-state index contributed by atoms with van der Waals surface area (Å²) in [6.45, 7) is 12.1. The minimum Gasteiger partial charge on any atom is -0.443 e. The second-order valence-corrected chi connectivity index (χ2v) is 9.43. The van der Waals surface area contributed by atoms with Crippen molar-refractivity contribution in [3.05, 3.63) is 28.5 Å². The van der Waals surface area contributed by atoms with E-state index in [2.05, 4.69) is 26.2 Å². The molecule has 0 spiro atoms. The number of amides is 3. The predicted octanol–water partition coefficient (Wildman–Crippen LogP) is 4.52. The first kappa shape index (κ1) is 23.7. The summed E-state index contributed by atoms with van der Waals surface area (Å²) in [5, 5.41) is 2.68. The van der Waals surface area contributed by atoms with E-state index in [1.54, 1.807) is 66.8 Å². The summed E-state index contributed by atoms with van der Waals surface area (Å²) < 4.78 is 13.0. The van der Waals surface area contributed by atoms with E-state index in [1.807, 2.05) is 0 Å². The van der Waals surface area contributed by atoms with Crippen LogP contribution in [0.2, 0.25) is 0 Å². The lowest BCUT2D eigenvalue weighted by Crippen LogP contribution is -2.45. The lowest BCUT2D eigenvalue weighted by molar-refractivity contribution is 0.0429. The highest BCUT2D eigenvalue weighted by Gasteiger charge is 2.37. The van der Waals surface area contributed by atoms with E-state index in [1.165, 1.54) is 4.40 Å². The molecule has 2 heterocycles. The van der Waals surface area contributed by atoms with E-state index in [4.69, 9.17) is 9.47 Å². The van der Waals surface area contributed by atoms with Crippen LogP contribution in [0.25, 0.3) is 5.65 Å². The van der Waals surface area contributed by atoms with E-state index < -0.39 is 29.3 Å². The SMILES string of the molecule is CCNC(=O)c1c(N(C(=O)OC(C)(C)C)C(=O)OC(C)(C)C)nc2cc(Br)ccn12. The Morgan fingerprint density at radius 3 is 2.10 bits per heavy atom. The fourth-order valence-corrected chi connectivity index (χ4v) is 2.80. The lowest BCUT2D eigenvalue weighted by atomic mass is 10.2. The Bertz CT molecular complexity index is 944. The summed E-state index contributed by atoms with van der Waals surface area (Å²) in [6, 6.07) is 3.38. The fraction of sp³-hybridized carbons (Fsp3) is 0.500. The Labute approximate surface area is 183 Å². The average molecular weight is 483 g/mol. The van der Waals surface area contributed by atoms with Crippen molar-refractivity contribution in [3.8, 4) is 0 Å². The number of hydrogen-bond donors (Lipinski definition) is 1. The molecule has 0 unspecified atom stereocenters. The second kappa shape index (κ2) is 8.63. The van der Waals surface area contributed by atoms with Gasteiger partial charge in [0.1, 0.15) is 16.8 Å². The van der Waals surface area contributed by atoms with Crippen LogP contribution in [0.15, 0.2) is 22.8 Å². The van der Waals surface area contributed by atoms with Crippen molar-refractivity contribution in [1.82, 2.24) is 14.7 Å². The third-order valence-electron chi connectivity index (χ3n) is 3.49. The van der Waals surface area contributed by atoms with E-state index in [0.29, 0.717) is 17.1 Å². The summed E-state index contributed by atoms with van der Waals surface area (Å²) in [5.74, 6) is -0.679. The molecule has 3 amide bonds. The third-order valence-corrected chi connectivity index (χ3v) is 3.98. The summed E-state index contributed by atoms with van der Waals surface area (Å²) in [5.41, 5.74) is -1.40. The summed E-state index contributed by atoms with van der Waals surface area (Å²) >= 11 is 3.36. The van der Waals surface area contributed by atoms with Crippen LogP contribution in [0.4, 0.5) is 15.4 Å². The van der Waals surface area contributed by atoms with Crippen LogP contribution in [0.5, 0.6) is 0 Å². The molecule has 9 nitrogen and oxygen atoms in total. The Morgan fingerprint density at radius 2 is 1.63 bits per heavy atom. The zero-order valence-electron chi connectivity index (χ0n) is 18.2. The minimum absolute atomic E-state index is 0.0102. The molecule has 10 heteroatoms. The first-order valence-electron chi connectivity index (χ1n) is 9.45. The van der Waals surface area contributed by atoms with Gasteiger partial charge in [-0.2, -0.15) is 4.90 Å². The van der Waals surface area contributed by atoms with Gasteiger partial charge in [0.25, 0.3) is 5.91 Å². The van der Waals surface area contributed by atoms with Crippen LogP contribution < -0.4 is 10.2 Å². The van der Waals surface area contributed by atoms with E-state index in [9.17, 15) is 14.4 Å². The first-order chi connectivity index (χ1) is 13.7. The van der Waals surface area contributed by atoms with Crippen molar-refractivity contribution in [1.29, 1.82) is 0 Å². The van der Waals surface area contributed by atoms with Crippen LogP contribution >= 0.6 is 15.9 Å². The van der Waals surface area contributed by atoms with Crippen LogP contribution in [-0.2, 0) is 9.47 Å². The van der Waals surface area contributed by atoms with Gasteiger partial charge in [-0.15, -0.1) is 0 Å². The number of aromatic nitrogens is 2. The number of carbonyl (C=O) groups excluding carboxylic acids is 3. The summed E-state index contributed by atoms with van der Waals surface area (Å²) in [7, 11) is 0. The van der Waals surface area contributed by atoms with Gasteiger partial charge in [0.2, 0.25) is 0 Å². The Kier molecular flexibility index (Phi) is 6.80. The van der Waals surface area contributed by atoms with Crippen LogP contribution in [-0.4, -0.2) is 45.2 Å². The van der Waals surface area contributed by atoms with Crippen LogP contribution in [0, 0.1) is 0 Å². The van der Waals surface area contributed by atoms with Crippen molar-refractivity contribution in [2.45, 2.75) is 59.7 Å². The number of rotatable bonds is 3. The molecule has 0 aliphatic heterocycles. The second-order valence-electron chi connectivity index (χ2n) is 8.51. The maximum absolute atomic E-state index is 13.0. The maximum atomic E-state index is 13.0. The number of pyridine rings is 1. The smallest absolute Gasteiger partial charge is 0.425 e. The van der Waals surface area contributed by atoms with Gasteiger partial charge in [0.05, 0.1) is 0 Å². The molecule has 0 fully saturated rings. The molecule has 2 aromatic heterocycles. The Balaban J connectivity index is 2.72. The number of ether oxygens (including phenoxy) is 2. The zero-order chi connectivity index (χ0) is 22.9. The molecule has 164 valence electrons. The Morgan fingerprint density at radius 1 is 1.10 bits per heavy atom. The molecule has 2 rings (SSSR count). The maximum Gasteiger partial charge on any atom is 0.425 e. The van der Waals surface area contributed by atoms with Gasteiger partial charge in [-0.1, -0.05) is 15.9 Å². The van der Waals surface area contributed by atoms with E-state index >= 15 is 0 Å². The molecule has 0 saturated heterocycles. The van der Waals surface area contributed by atoms with E-state index in [0.717, 1.165) is 4.47 Å². The number of halogens is 1. The number of hydrogen-bond acceptors (Lipinski definition) is 6. The van der Waals surface area contributed by atoms with Gasteiger partial charge < -0.3 is 14.8 Å². The molecule has 0 atom stereocenters. The van der Waals surface area contributed by atoms with Gasteiger partial charge in [0, 0.05) is 17.2 Å². The quantitative estimate of drug-likeness (QED) is 0.689. The highest BCUT2D eigenvalue weighted by atomic mass is 79.9. The van der Waals surface area contributed by atoms with Crippen molar-refractivity contribution in [2.24, 2.45) is 0 Å². The molecule has 0 aromatic carbocycles. The zero-order valence-corrected chi connectivity index (χ0v) is 19.8. The number of nitrogens with zero attached hydrogens (tertiary/aromatic N) is 3. The normalized spacial score (nSPS) is 11.9. The van der Waals surface area contributed by atoms with Crippen molar-refractivity contribution < 1.29 is 23.9 Å². The van der Waals surface area contributed by atoms with Gasteiger partial charge >= 0.3 is 12.2 Å². The standard InChI is InChI=1S/C20H27BrN4O5/c1-8-22-16(26)14-15(23-13-11-12(21)9-10-24(13)14)25(17(27)29-19(2,3)4)18(28)30-20(5,6)7/h9-11H,8H2,1-7H3,(H,22,26). The van der Waals surface area contributed by atoms with Crippen molar-refractivity contribution in [2.75, 3.05) is 11.4 Å². The third kappa shape index (κ3) is 5.71. The van der Waals surface area contributed by atoms with Gasteiger partial charge in [-0.25, -0.2) is 14.6 Å². The molecule has 1 N–H and O–H groups in total. The lowest BCUT2D eigenvalue weighted by Gasteiger charge is -2.27. The van der Waals surface area contributed by atoms with Gasteiger partial charge in [0.15, 0.2) is 11.5 Å². The van der Waals surface area contributed by atoms with Crippen LogP contribution in [0.3, 0.4) is 0 Å². The molecule has 0 aliphatic carbocycles. The van der Waals surface area contributed by atoms with Crippen molar-refractivity contribution >= 4 is 45.5 Å². The highest BCUT2D eigenvalue weighted by molar-refractivity contribution is 9.10. The number of imide groups is 1. The topological polar surface area (TPSA) is 102 Å². The van der Waals surface area contributed by atoms with Crippen molar-refractivity contribution in [3.63, 3.8) is 0 Å². The molecule has 30 heavy (non-hydrogen) atoms. The first-order valence-corrected chi connectivity index (χ1v) is 10.2. The van der Waals surface area contributed by atoms with Crippen LogP contribution in [0.1, 0.15) is 59.0 Å². The molecular weight excluding hydrogens is 456 g/mol.